The van der Waals surface area contributed by atoms with Crippen LogP contribution in [0.2, 0.25) is 0 Å². The Kier molecular flexibility index (Phi) is 4.50. The summed E-state index contributed by atoms with van der Waals surface area (Å²) in [6, 6.07) is 12.3. The lowest BCUT2D eigenvalue weighted by molar-refractivity contribution is -0.137. The molecule has 0 bridgehead atoms. The van der Waals surface area contributed by atoms with Crippen LogP contribution in [0.25, 0.3) is 20.7 Å². The third-order valence-corrected chi connectivity index (χ3v) is 6.14. The summed E-state index contributed by atoms with van der Waals surface area (Å²) in [6.07, 6.45) is 2.25. The predicted octanol–water partition coefficient (Wildman–Crippen LogP) is 3.60. The average Bonchev–Trinajstić information content (AvgIpc) is 3.21. The molecule has 1 aromatic carbocycles. The Balaban J connectivity index is 1.53. The van der Waals surface area contributed by atoms with Crippen LogP contribution in [0.5, 0.6) is 0 Å². The summed E-state index contributed by atoms with van der Waals surface area (Å²) in [6.45, 7) is 0.434. The van der Waals surface area contributed by atoms with E-state index in [1.807, 2.05) is 18.2 Å². The first-order chi connectivity index (χ1) is 12.2. The zero-order chi connectivity index (χ0) is 17.2. The lowest BCUT2D eigenvalue weighted by Gasteiger charge is -2.12. The van der Waals surface area contributed by atoms with Gasteiger partial charge in [-0.25, -0.2) is 9.97 Å². The molecule has 126 valence electrons. The Morgan fingerprint density at radius 3 is 2.60 bits per heavy atom. The number of nitrogens with zero attached hydrogens (tertiary/aromatic N) is 3. The first-order valence-electron chi connectivity index (χ1n) is 7.98. The Hall–Kier alpha value is -2.25. The van der Waals surface area contributed by atoms with E-state index in [-0.39, 0.29) is 11.8 Å². The second-order valence-corrected chi connectivity index (χ2v) is 7.78. The first kappa shape index (κ1) is 16.2. The van der Waals surface area contributed by atoms with Gasteiger partial charge in [-0.1, -0.05) is 30.3 Å². The molecule has 0 spiro atoms. The van der Waals surface area contributed by atoms with Crippen LogP contribution in [-0.4, -0.2) is 39.0 Å². The van der Waals surface area contributed by atoms with Crippen LogP contribution in [-0.2, 0) is 9.59 Å². The molecule has 0 atom stereocenters. The highest BCUT2D eigenvalue weighted by molar-refractivity contribution is 7.99. The van der Waals surface area contributed by atoms with E-state index >= 15 is 0 Å². The molecule has 7 heteroatoms. The van der Waals surface area contributed by atoms with Crippen LogP contribution < -0.4 is 0 Å². The van der Waals surface area contributed by atoms with Gasteiger partial charge in [0.2, 0.25) is 11.8 Å². The molecule has 4 rings (SSSR count). The summed E-state index contributed by atoms with van der Waals surface area (Å²) in [5, 5.41) is 1.91. The van der Waals surface area contributed by atoms with Gasteiger partial charge in [0.05, 0.1) is 0 Å². The maximum absolute atomic E-state index is 11.7. The Labute approximate surface area is 153 Å². The van der Waals surface area contributed by atoms with Crippen LogP contribution >= 0.6 is 23.1 Å². The molecule has 0 unspecified atom stereocenters. The number of benzene rings is 1. The molecule has 1 saturated heterocycles. The van der Waals surface area contributed by atoms with Gasteiger partial charge in [-0.2, -0.15) is 0 Å². The van der Waals surface area contributed by atoms with E-state index in [2.05, 4.69) is 28.2 Å². The largest absolute Gasteiger partial charge is 0.282 e. The SMILES string of the molecule is O=C1CCC(=O)N1CCSc1ncnc2sc(-c3ccccc3)cc12. The molecule has 3 aromatic rings. The summed E-state index contributed by atoms with van der Waals surface area (Å²) in [5.74, 6) is 0.501. The summed E-state index contributed by atoms with van der Waals surface area (Å²) < 4.78 is 0. The zero-order valence-corrected chi connectivity index (χ0v) is 15.0. The number of thiophene rings is 1. The van der Waals surface area contributed by atoms with Crippen molar-refractivity contribution in [3.8, 4) is 10.4 Å². The fourth-order valence-corrected chi connectivity index (χ4v) is 4.77. The number of aromatic nitrogens is 2. The number of hydrogen-bond acceptors (Lipinski definition) is 6. The van der Waals surface area contributed by atoms with Crippen LogP contribution in [0, 0.1) is 0 Å². The fourth-order valence-electron chi connectivity index (χ4n) is 2.80. The van der Waals surface area contributed by atoms with Gasteiger partial charge in [0, 0.05) is 35.4 Å². The minimum absolute atomic E-state index is 0.0691. The van der Waals surface area contributed by atoms with E-state index in [0.717, 1.165) is 25.7 Å². The number of imide groups is 1. The minimum atomic E-state index is -0.0691. The number of likely N-dealkylation sites (tertiary alicyclic amines) is 1. The summed E-state index contributed by atoms with van der Waals surface area (Å²) in [4.78, 5) is 35.6. The molecule has 0 saturated carbocycles. The number of carbonyl (C=O) groups is 2. The van der Waals surface area contributed by atoms with Crippen molar-refractivity contribution in [2.75, 3.05) is 12.3 Å². The average molecular weight is 369 g/mol. The van der Waals surface area contributed by atoms with Crippen molar-refractivity contribution in [2.24, 2.45) is 0 Å². The molecule has 0 N–H and O–H groups in total. The normalized spacial score (nSPS) is 14.6. The second kappa shape index (κ2) is 6.93. The molecule has 1 aliphatic rings. The lowest BCUT2D eigenvalue weighted by Crippen LogP contribution is -2.31. The third-order valence-electron chi connectivity index (χ3n) is 4.06. The lowest BCUT2D eigenvalue weighted by atomic mass is 10.2. The molecular weight excluding hydrogens is 354 g/mol. The summed E-state index contributed by atoms with van der Waals surface area (Å²) in [7, 11) is 0. The van der Waals surface area contributed by atoms with E-state index in [1.54, 1.807) is 29.4 Å². The fraction of sp³-hybridized carbons (Fsp3) is 0.222. The molecular formula is C18H15N3O2S2. The highest BCUT2D eigenvalue weighted by Gasteiger charge is 2.28. The van der Waals surface area contributed by atoms with E-state index < -0.39 is 0 Å². The van der Waals surface area contributed by atoms with Gasteiger partial charge in [-0.3, -0.25) is 14.5 Å². The molecule has 5 nitrogen and oxygen atoms in total. The highest BCUT2D eigenvalue weighted by atomic mass is 32.2. The molecule has 1 fully saturated rings. The van der Waals surface area contributed by atoms with Gasteiger partial charge in [0.25, 0.3) is 0 Å². The van der Waals surface area contributed by atoms with Gasteiger partial charge in [0.15, 0.2) is 0 Å². The van der Waals surface area contributed by atoms with E-state index in [0.29, 0.717) is 25.1 Å². The van der Waals surface area contributed by atoms with Crippen LogP contribution in [0.15, 0.2) is 47.8 Å². The second-order valence-electron chi connectivity index (χ2n) is 5.66. The third kappa shape index (κ3) is 3.29. The summed E-state index contributed by atoms with van der Waals surface area (Å²) in [5.41, 5.74) is 1.16. The first-order valence-corrected chi connectivity index (χ1v) is 9.78. The molecule has 0 radical (unpaired) electrons. The van der Waals surface area contributed by atoms with Gasteiger partial charge >= 0.3 is 0 Å². The maximum Gasteiger partial charge on any atom is 0.229 e. The number of hydrogen-bond donors (Lipinski definition) is 0. The van der Waals surface area contributed by atoms with E-state index in [1.165, 1.54) is 4.90 Å². The number of thioether (sulfide) groups is 1. The van der Waals surface area contributed by atoms with E-state index in [4.69, 9.17) is 0 Å². The van der Waals surface area contributed by atoms with Crippen molar-refractivity contribution in [3.05, 3.63) is 42.7 Å². The van der Waals surface area contributed by atoms with Gasteiger partial charge in [-0.15, -0.1) is 23.1 Å². The molecule has 1 aliphatic heterocycles. The number of amides is 2. The van der Waals surface area contributed by atoms with Crippen molar-refractivity contribution in [2.45, 2.75) is 17.9 Å². The smallest absolute Gasteiger partial charge is 0.229 e. The minimum Gasteiger partial charge on any atom is -0.282 e. The monoisotopic (exact) mass is 369 g/mol. The summed E-state index contributed by atoms with van der Waals surface area (Å²) >= 11 is 3.20. The van der Waals surface area contributed by atoms with Crippen molar-refractivity contribution in [1.82, 2.24) is 14.9 Å². The van der Waals surface area contributed by atoms with Crippen molar-refractivity contribution < 1.29 is 9.59 Å². The maximum atomic E-state index is 11.7. The quantitative estimate of drug-likeness (QED) is 0.391. The van der Waals surface area contributed by atoms with Crippen LogP contribution in [0.4, 0.5) is 0 Å². The van der Waals surface area contributed by atoms with Crippen LogP contribution in [0.1, 0.15) is 12.8 Å². The van der Waals surface area contributed by atoms with Gasteiger partial charge < -0.3 is 0 Å². The molecule has 0 aliphatic carbocycles. The Bertz CT molecular complexity index is 924. The molecule has 2 aromatic heterocycles. The van der Waals surface area contributed by atoms with E-state index in [9.17, 15) is 9.59 Å². The van der Waals surface area contributed by atoms with Crippen molar-refractivity contribution in [3.63, 3.8) is 0 Å². The topological polar surface area (TPSA) is 63.2 Å². The van der Waals surface area contributed by atoms with Crippen LogP contribution in [0.3, 0.4) is 0 Å². The standard InChI is InChI=1S/C18H15N3O2S2/c22-15-6-7-16(23)21(15)8-9-24-17-13-10-14(12-4-2-1-3-5-12)25-18(13)20-11-19-17/h1-5,10-11H,6-9H2. The Morgan fingerprint density at radius 1 is 1.08 bits per heavy atom. The number of carbonyl (C=O) groups excluding carboxylic acids is 2. The van der Waals surface area contributed by atoms with Gasteiger partial charge in [0.1, 0.15) is 16.2 Å². The number of rotatable bonds is 5. The Morgan fingerprint density at radius 2 is 1.84 bits per heavy atom. The highest BCUT2D eigenvalue weighted by Crippen LogP contribution is 2.36. The molecule has 25 heavy (non-hydrogen) atoms. The van der Waals surface area contributed by atoms with Gasteiger partial charge in [-0.05, 0) is 11.6 Å². The molecule has 3 heterocycles. The molecule has 2 amide bonds. The van der Waals surface area contributed by atoms with Crippen molar-refractivity contribution >= 4 is 45.1 Å². The van der Waals surface area contributed by atoms with Crippen molar-refractivity contribution in [1.29, 1.82) is 0 Å². The number of fused-ring (bicyclic) bond motifs is 1. The zero-order valence-electron chi connectivity index (χ0n) is 13.3. The predicted molar refractivity (Wildman–Crippen MR) is 99.5 cm³/mol.